The summed E-state index contributed by atoms with van der Waals surface area (Å²) >= 11 is 4.97. The van der Waals surface area contributed by atoms with Crippen LogP contribution >= 0.6 is 27.3 Å². The van der Waals surface area contributed by atoms with Crippen LogP contribution < -0.4 is 5.32 Å². The number of halogens is 2. The van der Waals surface area contributed by atoms with Crippen LogP contribution in [0.25, 0.3) is 10.6 Å². The van der Waals surface area contributed by atoms with Crippen LogP contribution in [0.15, 0.2) is 22.7 Å². The van der Waals surface area contributed by atoms with Crippen molar-refractivity contribution in [2.75, 3.05) is 6.54 Å². The molecule has 5 heteroatoms. The summed E-state index contributed by atoms with van der Waals surface area (Å²) in [5.74, 6) is -0.235. The van der Waals surface area contributed by atoms with Crippen molar-refractivity contribution in [3.05, 3.63) is 39.1 Å². The number of aromatic nitrogens is 1. The molecule has 1 aromatic heterocycles. The smallest absolute Gasteiger partial charge is 0.134 e. The summed E-state index contributed by atoms with van der Waals surface area (Å²) in [7, 11) is 0. The van der Waals surface area contributed by atoms with E-state index in [1.54, 1.807) is 17.4 Å². The van der Waals surface area contributed by atoms with E-state index in [-0.39, 0.29) is 5.82 Å². The molecule has 0 amide bonds. The third kappa shape index (κ3) is 3.22. The minimum absolute atomic E-state index is 0.235. The predicted molar refractivity (Wildman–Crippen MR) is 82.0 cm³/mol. The molecule has 0 aliphatic rings. The summed E-state index contributed by atoms with van der Waals surface area (Å²) in [4.78, 5) is 5.77. The normalized spacial score (nSPS) is 10.9. The second-order valence-corrected chi connectivity index (χ2v) is 6.06. The Morgan fingerprint density at radius 3 is 2.79 bits per heavy atom. The molecule has 0 atom stereocenters. The Morgan fingerprint density at radius 1 is 1.37 bits per heavy atom. The van der Waals surface area contributed by atoms with Crippen molar-refractivity contribution in [3.63, 3.8) is 0 Å². The maximum Gasteiger partial charge on any atom is 0.134 e. The topological polar surface area (TPSA) is 24.9 Å². The van der Waals surface area contributed by atoms with Gasteiger partial charge in [-0.2, -0.15) is 0 Å². The van der Waals surface area contributed by atoms with Crippen LogP contribution in [0.3, 0.4) is 0 Å². The standard InChI is InChI=1S/C14H16BrFN2S/c1-3-11-12(8-17-4-2)19-14(18-11)13-9(15)6-5-7-10(13)16/h5-7,17H,3-4,8H2,1-2H3. The molecule has 2 rings (SSSR count). The summed E-state index contributed by atoms with van der Waals surface area (Å²) in [5, 5.41) is 4.04. The Bertz CT molecular complexity index is 548. The second-order valence-electron chi connectivity index (χ2n) is 4.12. The highest BCUT2D eigenvalue weighted by molar-refractivity contribution is 9.10. The molecule has 1 N–H and O–H groups in total. The molecule has 0 unspecified atom stereocenters. The summed E-state index contributed by atoms with van der Waals surface area (Å²) < 4.78 is 14.7. The van der Waals surface area contributed by atoms with Crippen LogP contribution in [0.1, 0.15) is 24.4 Å². The number of rotatable bonds is 5. The quantitative estimate of drug-likeness (QED) is 0.871. The SMILES string of the molecule is CCNCc1sc(-c2c(F)cccc2Br)nc1CC. The number of benzene rings is 1. The number of hydrogen-bond donors (Lipinski definition) is 1. The van der Waals surface area contributed by atoms with Crippen molar-refractivity contribution in [2.24, 2.45) is 0 Å². The first-order valence-electron chi connectivity index (χ1n) is 6.31. The lowest BCUT2D eigenvalue weighted by Gasteiger charge is -2.01. The Hall–Kier alpha value is -0.780. The lowest BCUT2D eigenvalue weighted by Crippen LogP contribution is -2.11. The largest absolute Gasteiger partial charge is 0.312 e. The molecular weight excluding hydrogens is 327 g/mol. The van der Waals surface area contributed by atoms with Crippen LogP contribution in [-0.4, -0.2) is 11.5 Å². The first-order chi connectivity index (χ1) is 9.17. The summed E-state index contributed by atoms with van der Waals surface area (Å²) in [5.41, 5.74) is 1.61. The number of nitrogens with one attached hydrogen (secondary N) is 1. The minimum atomic E-state index is -0.235. The second kappa shape index (κ2) is 6.59. The van der Waals surface area contributed by atoms with Gasteiger partial charge in [-0.25, -0.2) is 9.37 Å². The van der Waals surface area contributed by atoms with Gasteiger partial charge in [-0.15, -0.1) is 11.3 Å². The molecule has 0 bridgehead atoms. The van der Waals surface area contributed by atoms with Gasteiger partial charge in [0.05, 0.1) is 11.3 Å². The maximum absolute atomic E-state index is 14.0. The van der Waals surface area contributed by atoms with Gasteiger partial charge < -0.3 is 5.32 Å². The van der Waals surface area contributed by atoms with Crippen LogP contribution in [0.2, 0.25) is 0 Å². The average molecular weight is 343 g/mol. The van der Waals surface area contributed by atoms with E-state index in [1.807, 2.05) is 6.07 Å². The zero-order chi connectivity index (χ0) is 13.8. The fraction of sp³-hybridized carbons (Fsp3) is 0.357. The number of aryl methyl sites for hydroxylation is 1. The summed E-state index contributed by atoms with van der Waals surface area (Å²) in [6, 6.07) is 5.00. The van der Waals surface area contributed by atoms with Crippen molar-refractivity contribution >= 4 is 27.3 Å². The third-order valence-electron chi connectivity index (χ3n) is 2.83. The van der Waals surface area contributed by atoms with Crippen LogP contribution in [0.4, 0.5) is 4.39 Å². The fourth-order valence-corrected chi connectivity index (χ4v) is 3.69. The zero-order valence-electron chi connectivity index (χ0n) is 11.0. The van der Waals surface area contributed by atoms with Gasteiger partial charge in [0.15, 0.2) is 0 Å². The molecule has 0 saturated heterocycles. The molecule has 0 radical (unpaired) electrons. The molecule has 0 aliphatic heterocycles. The van der Waals surface area contributed by atoms with E-state index in [1.165, 1.54) is 10.9 Å². The van der Waals surface area contributed by atoms with Gasteiger partial charge in [-0.3, -0.25) is 0 Å². The highest BCUT2D eigenvalue weighted by atomic mass is 79.9. The van der Waals surface area contributed by atoms with Gasteiger partial charge in [0.2, 0.25) is 0 Å². The van der Waals surface area contributed by atoms with E-state index in [0.717, 1.165) is 34.7 Å². The van der Waals surface area contributed by atoms with Crippen LogP contribution in [0.5, 0.6) is 0 Å². The molecule has 1 aromatic carbocycles. The van der Waals surface area contributed by atoms with Crippen molar-refractivity contribution < 1.29 is 4.39 Å². The van der Waals surface area contributed by atoms with E-state index in [2.05, 4.69) is 40.1 Å². The van der Waals surface area contributed by atoms with Crippen molar-refractivity contribution in [3.8, 4) is 10.6 Å². The Kier molecular flexibility index (Phi) is 5.07. The van der Waals surface area contributed by atoms with E-state index in [9.17, 15) is 4.39 Å². The van der Waals surface area contributed by atoms with Crippen molar-refractivity contribution in [1.82, 2.24) is 10.3 Å². The van der Waals surface area contributed by atoms with E-state index < -0.39 is 0 Å². The van der Waals surface area contributed by atoms with Crippen LogP contribution in [0, 0.1) is 5.82 Å². The molecule has 2 aromatic rings. The highest BCUT2D eigenvalue weighted by Gasteiger charge is 2.16. The van der Waals surface area contributed by atoms with Gasteiger partial charge in [0, 0.05) is 15.9 Å². The van der Waals surface area contributed by atoms with Gasteiger partial charge in [-0.1, -0.05) is 19.9 Å². The third-order valence-corrected chi connectivity index (χ3v) is 4.60. The highest BCUT2D eigenvalue weighted by Crippen LogP contribution is 2.35. The number of hydrogen-bond acceptors (Lipinski definition) is 3. The molecule has 0 aliphatic carbocycles. The number of nitrogens with zero attached hydrogens (tertiary/aromatic N) is 1. The molecular formula is C14H16BrFN2S. The molecule has 0 fully saturated rings. The Labute approximate surface area is 125 Å². The summed E-state index contributed by atoms with van der Waals surface area (Å²) in [6.07, 6.45) is 0.864. The average Bonchev–Trinajstić information content (AvgIpc) is 2.79. The van der Waals surface area contributed by atoms with E-state index in [4.69, 9.17) is 0 Å². The lowest BCUT2D eigenvalue weighted by atomic mass is 10.2. The fourth-order valence-electron chi connectivity index (χ4n) is 1.85. The minimum Gasteiger partial charge on any atom is -0.312 e. The summed E-state index contributed by atoms with van der Waals surface area (Å²) in [6.45, 7) is 5.86. The molecule has 0 spiro atoms. The van der Waals surface area contributed by atoms with Gasteiger partial charge in [-0.05, 0) is 41.0 Å². The molecule has 19 heavy (non-hydrogen) atoms. The Balaban J connectivity index is 2.43. The van der Waals surface area contributed by atoms with Crippen molar-refractivity contribution in [1.29, 1.82) is 0 Å². The first kappa shape index (κ1) is 14.6. The first-order valence-corrected chi connectivity index (χ1v) is 7.92. The number of thiazole rings is 1. The predicted octanol–water partition coefficient (Wildman–Crippen LogP) is 4.38. The molecule has 0 saturated carbocycles. The van der Waals surface area contributed by atoms with Gasteiger partial charge in [0.1, 0.15) is 10.8 Å². The maximum atomic E-state index is 14.0. The lowest BCUT2D eigenvalue weighted by molar-refractivity contribution is 0.630. The monoisotopic (exact) mass is 342 g/mol. The molecule has 1 heterocycles. The van der Waals surface area contributed by atoms with E-state index in [0.29, 0.717) is 5.56 Å². The molecule has 102 valence electrons. The molecule has 2 nitrogen and oxygen atoms in total. The van der Waals surface area contributed by atoms with Crippen LogP contribution in [-0.2, 0) is 13.0 Å². The van der Waals surface area contributed by atoms with Gasteiger partial charge >= 0.3 is 0 Å². The van der Waals surface area contributed by atoms with Crippen molar-refractivity contribution in [2.45, 2.75) is 26.8 Å². The van der Waals surface area contributed by atoms with Gasteiger partial charge in [0.25, 0.3) is 0 Å². The van der Waals surface area contributed by atoms with E-state index >= 15 is 0 Å². The zero-order valence-corrected chi connectivity index (χ0v) is 13.4. The Morgan fingerprint density at radius 2 is 2.16 bits per heavy atom.